The molecule has 0 bridgehead atoms. The molecule has 0 aromatic heterocycles. The van der Waals surface area contributed by atoms with Gasteiger partial charge in [-0.2, -0.15) is 0 Å². The molecule has 0 aliphatic rings. The summed E-state index contributed by atoms with van der Waals surface area (Å²) < 4.78 is 0. The highest BCUT2D eigenvalue weighted by Crippen LogP contribution is 2.04. The van der Waals surface area contributed by atoms with Crippen molar-refractivity contribution in [2.24, 2.45) is 0 Å². The van der Waals surface area contributed by atoms with Crippen LogP contribution in [0.2, 0.25) is 0 Å². The van der Waals surface area contributed by atoms with Crippen LogP contribution in [0.4, 0.5) is 0 Å². The van der Waals surface area contributed by atoms with Crippen molar-refractivity contribution in [2.75, 3.05) is 0 Å². The first-order chi connectivity index (χ1) is 3.13. The van der Waals surface area contributed by atoms with E-state index in [2.05, 4.69) is 31.8 Å². The van der Waals surface area contributed by atoms with Crippen molar-refractivity contribution in [1.29, 1.82) is 0 Å². The first kappa shape index (κ1) is 7.18. The fourth-order valence-electron chi connectivity index (χ4n) is 0.241. The SMILES string of the molecule is C=C(S)C=C(C)S. The fraction of sp³-hybridized carbons (Fsp3) is 0.200. The predicted octanol–water partition coefficient (Wildman–Crippen LogP) is 2.26. The Labute approximate surface area is 55.1 Å². The van der Waals surface area contributed by atoms with E-state index in [1.807, 2.05) is 6.92 Å². The van der Waals surface area contributed by atoms with Gasteiger partial charge in [0.15, 0.2) is 0 Å². The van der Waals surface area contributed by atoms with Gasteiger partial charge in [-0.05, 0) is 22.8 Å². The van der Waals surface area contributed by atoms with Crippen LogP contribution >= 0.6 is 25.3 Å². The van der Waals surface area contributed by atoms with E-state index in [9.17, 15) is 0 Å². The van der Waals surface area contributed by atoms with Crippen LogP contribution < -0.4 is 0 Å². The van der Waals surface area contributed by atoms with Crippen molar-refractivity contribution in [3.63, 3.8) is 0 Å². The zero-order valence-corrected chi connectivity index (χ0v) is 5.97. The quantitative estimate of drug-likeness (QED) is 0.397. The van der Waals surface area contributed by atoms with Gasteiger partial charge in [0.1, 0.15) is 0 Å². The van der Waals surface area contributed by atoms with E-state index in [4.69, 9.17) is 0 Å². The maximum Gasteiger partial charge on any atom is -0.00243 e. The molecule has 0 aromatic rings. The molecule has 0 nitrogen and oxygen atoms in total. The van der Waals surface area contributed by atoms with Crippen LogP contribution in [0.15, 0.2) is 22.5 Å². The highest BCUT2D eigenvalue weighted by Gasteiger charge is 1.75. The van der Waals surface area contributed by atoms with Crippen molar-refractivity contribution in [3.8, 4) is 0 Å². The standard InChI is InChI=1S/C5H8S2/c1-4(6)3-5(2)7/h3,6-7H,1H2,2H3. The summed E-state index contributed by atoms with van der Waals surface area (Å²) in [6.45, 7) is 5.41. The van der Waals surface area contributed by atoms with E-state index >= 15 is 0 Å². The summed E-state index contributed by atoms with van der Waals surface area (Å²) in [4.78, 5) is 1.67. The molecular formula is C5H8S2. The maximum atomic E-state index is 3.99. The Morgan fingerprint density at radius 3 is 2.00 bits per heavy atom. The Balaban J connectivity index is 3.68. The van der Waals surface area contributed by atoms with Crippen molar-refractivity contribution in [3.05, 3.63) is 22.5 Å². The molecule has 0 atom stereocenters. The number of hydrogen-bond donors (Lipinski definition) is 2. The van der Waals surface area contributed by atoms with Gasteiger partial charge in [0.05, 0.1) is 0 Å². The van der Waals surface area contributed by atoms with Crippen LogP contribution in [0.25, 0.3) is 0 Å². The molecule has 0 unspecified atom stereocenters. The Morgan fingerprint density at radius 2 is 2.00 bits per heavy atom. The Hall–Kier alpha value is 0.180. The second kappa shape index (κ2) is 3.22. The van der Waals surface area contributed by atoms with Gasteiger partial charge in [0, 0.05) is 0 Å². The van der Waals surface area contributed by atoms with Crippen LogP contribution in [-0.2, 0) is 0 Å². The van der Waals surface area contributed by atoms with Gasteiger partial charge >= 0.3 is 0 Å². The number of rotatable bonds is 1. The van der Waals surface area contributed by atoms with E-state index in [0.717, 1.165) is 9.81 Å². The Kier molecular flexibility index (Phi) is 3.30. The van der Waals surface area contributed by atoms with Crippen molar-refractivity contribution < 1.29 is 0 Å². The maximum absolute atomic E-state index is 3.99. The van der Waals surface area contributed by atoms with E-state index in [-0.39, 0.29) is 0 Å². The minimum atomic E-state index is 0.743. The second-order valence-electron chi connectivity index (χ2n) is 1.28. The van der Waals surface area contributed by atoms with Crippen molar-refractivity contribution >= 4 is 25.3 Å². The third-order valence-corrected chi connectivity index (χ3v) is 0.634. The van der Waals surface area contributed by atoms with Crippen molar-refractivity contribution in [2.45, 2.75) is 6.92 Å². The van der Waals surface area contributed by atoms with E-state index < -0.39 is 0 Å². The third kappa shape index (κ3) is 6.18. The molecule has 0 aliphatic carbocycles. The van der Waals surface area contributed by atoms with Crippen LogP contribution in [0.3, 0.4) is 0 Å². The smallest absolute Gasteiger partial charge is 0.00243 e. The normalized spacial score (nSPS) is 11.6. The molecule has 7 heavy (non-hydrogen) atoms. The lowest BCUT2D eigenvalue weighted by atomic mass is 10.5. The zero-order chi connectivity index (χ0) is 5.86. The third-order valence-electron chi connectivity index (χ3n) is 0.375. The molecule has 0 N–H and O–H groups in total. The summed E-state index contributed by atoms with van der Waals surface area (Å²) in [6.07, 6.45) is 1.78. The molecule has 40 valence electrons. The van der Waals surface area contributed by atoms with Gasteiger partial charge < -0.3 is 0 Å². The first-order valence-corrected chi connectivity index (χ1v) is 2.77. The molecule has 0 spiro atoms. The van der Waals surface area contributed by atoms with Gasteiger partial charge in [0.25, 0.3) is 0 Å². The molecule has 0 fully saturated rings. The first-order valence-electron chi connectivity index (χ1n) is 1.88. The van der Waals surface area contributed by atoms with Crippen LogP contribution in [-0.4, -0.2) is 0 Å². The number of allylic oxidation sites excluding steroid dienone is 2. The van der Waals surface area contributed by atoms with Crippen LogP contribution in [0.5, 0.6) is 0 Å². The van der Waals surface area contributed by atoms with E-state index in [1.165, 1.54) is 0 Å². The zero-order valence-electron chi connectivity index (χ0n) is 4.18. The molecule has 0 amide bonds. The van der Waals surface area contributed by atoms with Crippen LogP contribution in [0.1, 0.15) is 6.92 Å². The molecule has 0 rings (SSSR count). The largest absolute Gasteiger partial charge is 0.148 e. The molecule has 0 aliphatic heterocycles. The average Bonchev–Trinajstić information content (AvgIpc) is 1.27. The summed E-state index contributed by atoms with van der Waals surface area (Å²) in [5, 5.41) is 0. The average molecular weight is 132 g/mol. The minimum Gasteiger partial charge on any atom is -0.148 e. The van der Waals surface area contributed by atoms with E-state index in [1.54, 1.807) is 6.08 Å². The molecular weight excluding hydrogens is 124 g/mol. The highest BCUT2D eigenvalue weighted by atomic mass is 32.1. The Bertz CT molecular complexity index is 98.6. The van der Waals surface area contributed by atoms with Crippen molar-refractivity contribution in [1.82, 2.24) is 0 Å². The second-order valence-corrected chi connectivity index (χ2v) is 2.56. The lowest BCUT2D eigenvalue weighted by molar-refractivity contribution is 1.68. The molecule has 0 heterocycles. The van der Waals surface area contributed by atoms with Crippen LogP contribution in [0, 0.1) is 0 Å². The summed E-state index contributed by atoms with van der Waals surface area (Å²) in [5.41, 5.74) is 0. The summed E-state index contributed by atoms with van der Waals surface area (Å²) in [6, 6.07) is 0. The molecule has 0 saturated carbocycles. The molecule has 2 heteroatoms. The predicted molar refractivity (Wildman–Crippen MR) is 40.9 cm³/mol. The van der Waals surface area contributed by atoms with Gasteiger partial charge in [-0.3, -0.25) is 0 Å². The number of thiol groups is 2. The topological polar surface area (TPSA) is 0 Å². The monoisotopic (exact) mass is 132 g/mol. The number of hydrogen-bond acceptors (Lipinski definition) is 2. The summed E-state index contributed by atoms with van der Waals surface area (Å²) >= 11 is 7.91. The van der Waals surface area contributed by atoms with Gasteiger partial charge in [0.2, 0.25) is 0 Å². The van der Waals surface area contributed by atoms with E-state index in [0.29, 0.717) is 0 Å². The lowest BCUT2D eigenvalue weighted by Crippen LogP contribution is -1.57. The fourth-order valence-corrected chi connectivity index (χ4v) is 0.692. The minimum absolute atomic E-state index is 0.743. The summed E-state index contributed by atoms with van der Waals surface area (Å²) in [5.74, 6) is 0. The van der Waals surface area contributed by atoms with Gasteiger partial charge in [-0.25, -0.2) is 0 Å². The molecule has 0 saturated heterocycles. The summed E-state index contributed by atoms with van der Waals surface area (Å²) in [7, 11) is 0. The molecule has 0 radical (unpaired) electrons. The lowest BCUT2D eigenvalue weighted by Gasteiger charge is -1.83. The highest BCUT2D eigenvalue weighted by molar-refractivity contribution is 7.85. The molecule has 0 aromatic carbocycles. The Morgan fingerprint density at radius 1 is 1.57 bits per heavy atom. The van der Waals surface area contributed by atoms with Gasteiger partial charge in [-0.1, -0.05) is 6.58 Å². The van der Waals surface area contributed by atoms with Gasteiger partial charge in [-0.15, -0.1) is 25.3 Å².